The first kappa shape index (κ1) is 16.3. The lowest BCUT2D eigenvalue weighted by atomic mass is 10.1. The van der Waals surface area contributed by atoms with Gasteiger partial charge in [0, 0.05) is 22.1 Å². The van der Waals surface area contributed by atoms with Crippen molar-refractivity contribution in [1.82, 2.24) is 10.3 Å². The molecule has 114 valence electrons. The Morgan fingerprint density at radius 2 is 1.95 bits per heavy atom. The summed E-state index contributed by atoms with van der Waals surface area (Å²) in [5.41, 5.74) is 1.01. The van der Waals surface area contributed by atoms with Crippen LogP contribution in [0, 0.1) is 0 Å². The van der Waals surface area contributed by atoms with Crippen molar-refractivity contribution in [3.8, 4) is 0 Å². The van der Waals surface area contributed by atoms with Gasteiger partial charge in [0.15, 0.2) is 5.01 Å². The molecule has 0 aliphatic rings. The predicted molar refractivity (Wildman–Crippen MR) is 78.7 cm³/mol. The fraction of sp³-hybridized carbons (Fsp3) is 0.357. The Balaban J connectivity index is 2.18. The highest BCUT2D eigenvalue weighted by atomic mass is 35.5. The van der Waals surface area contributed by atoms with E-state index < -0.39 is 11.2 Å². The molecular weight excluding hydrogens is 321 g/mol. The third-order valence-corrected chi connectivity index (χ3v) is 4.32. The van der Waals surface area contributed by atoms with E-state index in [9.17, 15) is 13.2 Å². The van der Waals surface area contributed by atoms with Crippen LogP contribution in [-0.2, 0) is 12.6 Å². The molecule has 0 amide bonds. The summed E-state index contributed by atoms with van der Waals surface area (Å²) in [4.78, 5) is 4.06. The van der Waals surface area contributed by atoms with Crippen molar-refractivity contribution in [1.29, 1.82) is 0 Å². The van der Waals surface area contributed by atoms with Crippen LogP contribution in [0.1, 0.15) is 28.4 Å². The van der Waals surface area contributed by atoms with Crippen LogP contribution in [0.4, 0.5) is 13.2 Å². The van der Waals surface area contributed by atoms with E-state index in [0.29, 0.717) is 34.2 Å². The summed E-state index contributed by atoms with van der Waals surface area (Å²) in [6.07, 6.45) is -2.50. The molecule has 0 bridgehead atoms. The lowest BCUT2D eigenvalue weighted by Crippen LogP contribution is -2.22. The molecule has 1 unspecified atom stereocenters. The smallest absolute Gasteiger partial charge is 0.309 e. The molecule has 21 heavy (non-hydrogen) atoms. The maximum absolute atomic E-state index is 12.6. The number of benzene rings is 1. The number of nitrogens with zero attached hydrogens (tertiary/aromatic N) is 1. The van der Waals surface area contributed by atoms with Crippen LogP contribution in [-0.4, -0.2) is 11.5 Å². The second kappa shape index (κ2) is 6.77. The van der Waals surface area contributed by atoms with E-state index in [-0.39, 0.29) is 6.04 Å². The maximum atomic E-state index is 12.6. The van der Waals surface area contributed by atoms with E-state index >= 15 is 0 Å². The van der Waals surface area contributed by atoms with Gasteiger partial charge in [-0.15, -0.1) is 11.3 Å². The van der Waals surface area contributed by atoms with Crippen LogP contribution in [0.2, 0.25) is 5.02 Å². The van der Waals surface area contributed by atoms with Crippen molar-refractivity contribution < 1.29 is 13.2 Å². The number of thiazole rings is 1. The molecule has 0 saturated carbocycles. The van der Waals surface area contributed by atoms with Gasteiger partial charge < -0.3 is 5.32 Å². The second-order valence-corrected chi connectivity index (χ2v) is 6.01. The summed E-state index contributed by atoms with van der Waals surface area (Å²) in [5, 5.41) is 3.02. The average molecular weight is 335 g/mol. The van der Waals surface area contributed by atoms with Gasteiger partial charge in [0.25, 0.3) is 0 Å². The summed E-state index contributed by atoms with van der Waals surface area (Å²) in [6, 6.07) is 7.10. The SMILES string of the molecule is CCNC(Cc1ccc(Cl)cc1)c1cnc(C(F)(F)F)s1. The zero-order valence-electron chi connectivity index (χ0n) is 11.2. The quantitative estimate of drug-likeness (QED) is 0.856. The molecule has 1 atom stereocenters. The molecule has 0 fully saturated rings. The first-order valence-corrected chi connectivity index (χ1v) is 7.60. The van der Waals surface area contributed by atoms with Gasteiger partial charge in [-0.25, -0.2) is 4.98 Å². The Morgan fingerprint density at radius 1 is 1.29 bits per heavy atom. The van der Waals surface area contributed by atoms with Crippen LogP contribution in [0.3, 0.4) is 0 Å². The molecule has 0 aliphatic heterocycles. The average Bonchev–Trinajstić information content (AvgIpc) is 2.90. The summed E-state index contributed by atoms with van der Waals surface area (Å²) >= 11 is 6.52. The number of nitrogens with one attached hydrogen (secondary N) is 1. The largest absolute Gasteiger partial charge is 0.443 e. The van der Waals surface area contributed by atoms with Crippen molar-refractivity contribution in [3.63, 3.8) is 0 Å². The van der Waals surface area contributed by atoms with Gasteiger partial charge in [-0.05, 0) is 30.7 Å². The van der Waals surface area contributed by atoms with Gasteiger partial charge in [-0.3, -0.25) is 0 Å². The van der Waals surface area contributed by atoms with Crippen molar-refractivity contribution in [2.75, 3.05) is 6.54 Å². The first-order valence-electron chi connectivity index (χ1n) is 6.41. The zero-order chi connectivity index (χ0) is 15.5. The zero-order valence-corrected chi connectivity index (χ0v) is 12.8. The minimum atomic E-state index is -4.39. The normalized spacial score (nSPS) is 13.4. The van der Waals surface area contributed by atoms with Crippen LogP contribution >= 0.6 is 22.9 Å². The molecule has 2 aromatic rings. The second-order valence-electron chi connectivity index (χ2n) is 4.51. The molecule has 1 aromatic carbocycles. The summed E-state index contributed by atoms with van der Waals surface area (Å²) < 4.78 is 37.9. The van der Waals surface area contributed by atoms with Crippen LogP contribution in [0.25, 0.3) is 0 Å². The van der Waals surface area contributed by atoms with Crippen molar-refractivity contribution in [2.45, 2.75) is 25.6 Å². The minimum absolute atomic E-state index is 0.190. The van der Waals surface area contributed by atoms with Crippen LogP contribution < -0.4 is 5.32 Å². The molecule has 0 saturated heterocycles. The lowest BCUT2D eigenvalue weighted by Gasteiger charge is -2.16. The summed E-state index contributed by atoms with van der Waals surface area (Å²) in [6.45, 7) is 2.58. The number of rotatable bonds is 5. The van der Waals surface area contributed by atoms with Gasteiger partial charge in [0.1, 0.15) is 0 Å². The van der Waals surface area contributed by atoms with E-state index in [1.54, 1.807) is 12.1 Å². The maximum Gasteiger partial charge on any atom is 0.443 e. The van der Waals surface area contributed by atoms with E-state index in [1.807, 2.05) is 19.1 Å². The molecule has 1 heterocycles. The van der Waals surface area contributed by atoms with Crippen molar-refractivity contribution >= 4 is 22.9 Å². The third kappa shape index (κ3) is 4.43. The van der Waals surface area contributed by atoms with E-state index in [4.69, 9.17) is 11.6 Å². The molecule has 1 aromatic heterocycles. The minimum Gasteiger partial charge on any atom is -0.309 e. The molecule has 0 spiro atoms. The fourth-order valence-corrected chi connectivity index (χ4v) is 2.94. The van der Waals surface area contributed by atoms with E-state index in [0.717, 1.165) is 5.56 Å². The fourth-order valence-electron chi connectivity index (χ4n) is 1.95. The van der Waals surface area contributed by atoms with Gasteiger partial charge in [-0.1, -0.05) is 30.7 Å². The van der Waals surface area contributed by atoms with Gasteiger partial charge in [-0.2, -0.15) is 13.2 Å². The number of likely N-dealkylation sites (N-methyl/N-ethyl adjacent to an activating group) is 1. The lowest BCUT2D eigenvalue weighted by molar-refractivity contribution is -0.137. The standard InChI is InChI=1S/C14H14ClF3N2S/c1-2-19-11(7-9-3-5-10(15)6-4-9)12-8-20-13(21-12)14(16,17)18/h3-6,8,11,19H,2,7H2,1H3. The molecule has 0 aliphatic carbocycles. The summed E-state index contributed by atoms with van der Waals surface area (Å²) in [7, 11) is 0. The molecule has 7 heteroatoms. The Morgan fingerprint density at radius 3 is 2.48 bits per heavy atom. The highest BCUT2D eigenvalue weighted by Gasteiger charge is 2.35. The Labute approximate surface area is 130 Å². The number of alkyl halides is 3. The van der Waals surface area contributed by atoms with E-state index in [1.165, 1.54) is 6.20 Å². The van der Waals surface area contributed by atoms with Gasteiger partial charge in [0.2, 0.25) is 0 Å². The molecule has 2 nitrogen and oxygen atoms in total. The first-order chi connectivity index (χ1) is 9.90. The highest BCUT2D eigenvalue weighted by Crippen LogP contribution is 2.35. The third-order valence-electron chi connectivity index (χ3n) is 2.91. The molecular formula is C14H14ClF3N2S. The monoisotopic (exact) mass is 334 g/mol. The van der Waals surface area contributed by atoms with E-state index in [2.05, 4.69) is 10.3 Å². The molecule has 2 rings (SSSR count). The summed E-state index contributed by atoms with van der Waals surface area (Å²) in [5.74, 6) is 0. The number of aromatic nitrogens is 1. The highest BCUT2D eigenvalue weighted by molar-refractivity contribution is 7.11. The number of halogens is 4. The Hall–Kier alpha value is -1.11. The number of hydrogen-bond donors (Lipinski definition) is 1. The van der Waals surface area contributed by atoms with Crippen LogP contribution in [0.5, 0.6) is 0 Å². The topological polar surface area (TPSA) is 24.9 Å². The van der Waals surface area contributed by atoms with Gasteiger partial charge >= 0.3 is 6.18 Å². The molecule has 0 radical (unpaired) electrons. The van der Waals surface area contributed by atoms with Crippen molar-refractivity contribution in [3.05, 3.63) is 50.9 Å². The Kier molecular flexibility index (Phi) is 5.24. The van der Waals surface area contributed by atoms with Crippen LogP contribution in [0.15, 0.2) is 30.5 Å². The van der Waals surface area contributed by atoms with Gasteiger partial charge in [0.05, 0.1) is 0 Å². The predicted octanol–water partition coefficient (Wildman–Crippen LogP) is 4.71. The van der Waals surface area contributed by atoms with Crippen molar-refractivity contribution in [2.24, 2.45) is 0 Å². The number of hydrogen-bond acceptors (Lipinski definition) is 3. The Bertz CT molecular complexity index is 581. The molecule has 1 N–H and O–H groups in total.